The standard InChI is InChI=1S/C16H19N7O/c1-10(7-23-9-17-8-18-23)19-16(24)22-13-4-5-14-15(6-13)21-12(3)11(2)20-14/h4-6,8-10H,7H2,1-3H3,(H2,19,22,24)/t10-/m0/s1. The van der Waals surface area contributed by atoms with Gasteiger partial charge >= 0.3 is 6.03 Å². The number of nitrogens with zero attached hydrogens (tertiary/aromatic N) is 5. The number of urea groups is 1. The van der Waals surface area contributed by atoms with Crippen LogP contribution in [0.1, 0.15) is 18.3 Å². The van der Waals surface area contributed by atoms with Crippen LogP contribution in [0.25, 0.3) is 11.0 Å². The molecule has 0 bridgehead atoms. The molecule has 2 heterocycles. The summed E-state index contributed by atoms with van der Waals surface area (Å²) in [6.45, 7) is 6.30. The van der Waals surface area contributed by atoms with E-state index in [1.54, 1.807) is 11.0 Å². The monoisotopic (exact) mass is 325 g/mol. The number of nitrogens with one attached hydrogen (secondary N) is 2. The fourth-order valence-corrected chi connectivity index (χ4v) is 2.35. The number of rotatable bonds is 4. The Bertz CT molecular complexity index is 860. The van der Waals surface area contributed by atoms with E-state index >= 15 is 0 Å². The number of fused-ring (bicyclic) bond motifs is 1. The number of benzene rings is 1. The van der Waals surface area contributed by atoms with E-state index in [0.29, 0.717) is 12.2 Å². The van der Waals surface area contributed by atoms with Gasteiger partial charge in [-0.25, -0.2) is 19.7 Å². The molecule has 0 saturated carbocycles. The van der Waals surface area contributed by atoms with Crippen LogP contribution in [0.2, 0.25) is 0 Å². The highest BCUT2D eigenvalue weighted by Gasteiger charge is 2.09. The number of aryl methyl sites for hydroxylation is 2. The van der Waals surface area contributed by atoms with Gasteiger partial charge in [0.25, 0.3) is 0 Å². The van der Waals surface area contributed by atoms with Crippen LogP contribution in [0.5, 0.6) is 0 Å². The number of anilines is 1. The average Bonchev–Trinajstić information content (AvgIpc) is 3.01. The lowest BCUT2D eigenvalue weighted by Gasteiger charge is -2.14. The van der Waals surface area contributed by atoms with Crippen molar-refractivity contribution < 1.29 is 4.79 Å². The smallest absolute Gasteiger partial charge is 0.319 e. The molecule has 0 spiro atoms. The first-order chi connectivity index (χ1) is 11.5. The normalized spacial score (nSPS) is 12.1. The van der Waals surface area contributed by atoms with Gasteiger partial charge in [0.15, 0.2) is 0 Å². The number of hydrogen-bond acceptors (Lipinski definition) is 5. The highest BCUT2D eigenvalue weighted by molar-refractivity contribution is 5.91. The molecule has 0 aliphatic carbocycles. The highest BCUT2D eigenvalue weighted by atomic mass is 16.2. The molecule has 8 nitrogen and oxygen atoms in total. The first-order valence-corrected chi connectivity index (χ1v) is 7.66. The summed E-state index contributed by atoms with van der Waals surface area (Å²) in [5.74, 6) is 0. The zero-order valence-corrected chi connectivity index (χ0v) is 13.8. The molecule has 0 radical (unpaired) electrons. The molecule has 2 amide bonds. The van der Waals surface area contributed by atoms with Crippen LogP contribution in [0.3, 0.4) is 0 Å². The van der Waals surface area contributed by atoms with Gasteiger partial charge in [-0.15, -0.1) is 0 Å². The lowest BCUT2D eigenvalue weighted by atomic mass is 10.2. The van der Waals surface area contributed by atoms with Crippen molar-refractivity contribution in [2.24, 2.45) is 0 Å². The van der Waals surface area contributed by atoms with E-state index in [9.17, 15) is 4.79 Å². The first kappa shape index (κ1) is 15.9. The Balaban J connectivity index is 1.65. The quantitative estimate of drug-likeness (QED) is 0.765. The van der Waals surface area contributed by atoms with Crippen molar-refractivity contribution in [1.82, 2.24) is 30.0 Å². The second kappa shape index (κ2) is 6.61. The molecular weight excluding hydrogens is 306 g/mol. The Kier molecular flexibility index (Phi) is 4.37. The number of amides is 2. The van der Waals surface area contributed by atoms with E-state index in [2.05, 4.69) is 30.7 Å². The van der Waals surface area contributed by atoms with Gasteiger partial charge in [0.2, 0.25) is 0 Å². The van der Waals surface area contributed by atoms with Crippen molar-refractivity contribution in [1.29, 1.82) is 0 Å². The minimum atomic E-state index is -0.279. The van der Waals surface area contributed by atoms with Crippen LogP contribution in [0, 0.1) is 13.8 Å². The van der Waals surface area contributed by atoms with Crippen LogP contribution in [-0.2, 0) is 6.54 Å². The lowest BCUT2D eigenvalue weighted by Crippen LogP contribution is -2.38. The summed E-state index contributed by atoms with van der Waals surface area (Å²) in [6, 6.07) is 5.11. The number of carbonyl (C=O) groups is 1. The molecule has 0 unspecified atom stereocenters. The lowest BCUT2D eigenvalue weighted by molar-refractivity contribution is 0.247. The predicted octanol–water partition coefficient (Wildman–Crippen LogP) is 2.05. The summed E-state index contributed by atoms with van der Waals surface area (Å²) in [5, 5.41) is 9.69. The topological polar surface area (TPSA) is 97.6 Å². The molecule has 2 aromatic heterocycles. The van der Waals surface area contributed by atoms with E-state index in [0.717, 1.165) is 22.4 Å². The summed E-state index contributed by atoms with van der Waals surface area (Å²) in [7, 11) is 0. The Morgan fingerprint density at radius 2 is 1.96 bits per heavy atom. The van der Waals surface area contributed by atoms with E-state index in [-0.39, 0.29) is 12.1 Å². The molecule has 3 aromatic rings. The Hall–Kier alpha value is -3.03. The predicted molar refractivity (Wildman–Crippen MR) is 90.7 cm³/mol. The van der Waals surface area contributed by atoms with Crippen molar-refractivity contribution in [3.05, 3.63) is 42.2 Å². The van der Waals surface area contributed by atoms with Gasteiger partial charge < -0.3 is 10.6 Å². The van der Waals surface area contributed by atoms with Crippen LogP contribution >= 0.6 is 0 Å². The largest absolute Gasteiger partial charge is 0.334 e. The van der Waals surface area contributed by atoms with E-state index in [1.807, 2.05) is 39.0 Å². The van der Waals surface area contributed by atoms with Crippen LogP contribution in [0.15, 0.2) is 30.9 Å². The fourth-order valence-electron chi connectivity index (χ4n) is 2.35. The maximum absolute atomic E-state index is 12.1. The minimum absolute atomic E-state index is 0.0863. The highest BCUT2D eigenvalue weighted by Crippen LogP contribution is 2.17. The summed E-state index contributed by atoms with van der Waals surface area (Å²) in [5.41, 5.74) is 4.02. The second-order valence-electron chi connectivity index (χ2n) is 5.71. The summed E-state index contributed by atoms with van der Waals surface area (Å²) < 4.78 is 1.67. The van der Waals surface area contributed by atoms with E-state index in [1.165, 1.54) is 6.33 Å². The maximum atomic E-state index is 12.1. The number of aromatic nitrogens is 5. The van der Waals surface area contributed by atoms with Gasteiger partial charge in [-0.2, -0.15) is 5.10 Å². The van der Waals surface area contributed by atoms with E-state index < -0.39 is 0 Å². The Morgan fingerprint density at radius 3 is 2.67 bits per heavy atom. The van der Waals surface area contributed by atoms with Gasteiger partial charge in [0.05, 0.1) is 29.0 Å². The molecule has 0 saturated heterocycles. The van der Waals surface area contributed by atoms with Gasteiger partial charge in [0.1, 0.15) is 12.7 Å². The number of hydrogen-bond donors (Lipinski definition) is 2. The summed E-state index contributed by atoms with van der Waals surface area (Å²) in [6.07, 6.45) is 3.08. The second-order valence-corrected chi connectivity index (χ2v) is 5.71. The third kappa shape index (κ3) is 3.65. The molecule has 2 N–H and O–H groups in total. The third-order valence-electron chi connectivity index (χ3n) is 3.64. The third-order valence-corrected chi connectivity index (χ3v) is 3.64. The van der Waals surface area contributed by atoms with Crippen LogP contribution in [0.4, 0.5) is 10.5 Å². The molecule has 24 heavy (non-hydrogen) atoms. The molecule has 1 atom stereocenters. The van der Waals surface area contributed by atoms with Crippen molar-refractivity contribution >= 4 is 22.8 Å². The van der Waals surface area contributed by atoms with E-state index in [4.69, 9.17) is 0 Å². The van der Waals surface area contributed by atoms with Crippen molar-refractivity contribution in [2.75, 3.05) is 5.32 Å². The van der Waals surface area contributed by atoms with Crippen LogP contribution < -0.4 is 10.6 Å². The fraction of sp³-hybridized carbons (Fsp3) is 0.312. The Morgan fingerprint density at radius 1 is 1.21 bits per heavy atom. The van der Waals surface area contributed by atoms with Crippen molar-refractivity contribution in [3.63, 3.8) is 0 Å². The van der Waals surface area contributed by atoms with Crippen molar-refractivity contribution in [3.8, 4) is 0 Å². The maximum Gasteiger partial charge on any atom is 0.319 e. The molecule has 0 fully saturated rings. The average molecular weight is 325 g/mol. The SMILES string of the molecule is Cc1nc2ccc(NC(=O)N[C@@H](C)Cn3cncn3)cc2nc1C. The molecule has 1 aromatic carbocycles. The molecule has 3 rings (SSSR count). The zero-order valence-electron chi connectivity index (χ0n) is 13.8. The van der Waals surface area contributed by atoms with Gasteiger partial charge in [-0.1, -0.05) is 0 Å². The van der Waals surface area contributed by atoms with Gasteiger partial charge in [-0.05, 0) is 39.0 Å². The first-order valence-electron chi connectivity index (χ1n) is 7.66. The molecule has 0 aliphatic rings. The molecule has 8 heteroatoms. The van der Waals surface area contributed by atoms with Crippen LogP contribution in [-0.4, -0.2) is 36.8 Å². The van der Waals surface area contributed by atoms with Crippen molar-refractivity contribution in [2.45, 2.75) is 33.4 Å². The molecule has 124 valence electrons. The molecule has 0 aliphatic heterocycles. The molecular formula is C16H19N7O. The number of carbonyl (C=O) groups excluding carboxylic acids is 1. The summed E-state index contributed by atoms with van der Waals surface area (Å²) >= 11 is 0. The Labute approximate surface area is 139 Å². The zero-order chi connectivity index (χ0) is 17.1. The summed E-state index contributed by atoms with van der Waals surface area (Å²) in [4.78, 5) is 25.0. The minimum Gasteiger partial charge on any atom is -0.334 e. The van der Waals surface area contributed by atoms with Gasteiger partial charge in [0, 0.05) is 11.7 Å². The van der Waals surface area contributed by atoms with Gasteiger partial charge in [-0.3, -0.25) is 4.68 Å².